The van der Waals surface area contributed by atoms with Crippen molar-refractivity contribution in [3.05, 3.63) is 45.9 Å². The van der Waals surface area contributed by atoms with Gasteiger partial charge in [-0.2, -0.15) is 13.2 Å². The van der Waals surface area contributed by atoms with Crippen LogP contribution in [0, 0.1) is 6.92 Å². The molecule has 0 unspecified atom stereocenters. The van der Waals surface area contributed by atoms with Crippen molar-refractivity contribution in [2.75, 3.05) is 5.73 Å². The number of nitrogens with zero attached hydrogens (tertiary/aromatic N) is 1. The maximum Gasteiger partial charge on any atom is 0.418 e. The van der Waals surface area contributed by atoms with Crippen molar-refractivity contribution in [3.63, 3.8) is 0 Å². The number of nitrogen functional groups attached to an aromatic ring is 1. The molecular weight excluding hydrogens is 337 g/mol. The van der Waals surface area contributed by atoms with Crippen LogP contribution in [0.4, 0.5) is 18.9 Å². The van der Waals surface area contributed by atoms with E-state index < -0.39 is 23.3 Å². The van der Waals surface area contributed by atoms with E-state index in [0.29, 0.717) is 0 Å². The molecule has 0 saturated carbocycles. The van der Waals surface area contributed by atoms with E-state index in [1.165, 1.54) is 32.2 Å². The van der Waals surface area contributed by atoms with Gasteiger partial charge in [-0.15, -0.1) is 0 Å². The number of benzene rings is 1. The SMILES string of the molecule is CCC(=O)Oc1c(N)cccc1-c1c(C)c(C(F)(F)F)cn(C)c1=O. The van der Waals surface area contributed by atoms with E-state index in [1.54, 1.807) is 6.92 Å². The number of pyridine rings is 1. The summed E-state index contributed by atoms with van der Waals surface area (Å²) in [5.41, 5.74) is 3.86. The lowest BCUT2D eigenvalue weighted by Crippen LogP contribution is -2.24. The number of para-hydroxylation sites is 1. The molecule has 0 amide bonds. The molecule has 1 heterocycles. The van der Waals surface area contributed by atoms with Crippen molar-refractivity contribution in [3.8, 4) is 16.9 Å². The van der Waals surface area contributed by atoms with Gasteiger partial charge in [-0.05, 0) is 18.6 Å². The standard InChI is InChI=1S/C17H17F3N2O3/c1-4-13(23)25-15-10(6-5-7-12(15)21)14-9(2)11(17(18,19)20)8-22(3)16(14)24/h5-8H,4,21H2,1-3H3. The Labute approximate surface area is 141 Å². The molecule has 0 aliphatic heterocycles. The fourth-order valence-corrected chi connectivity index (χ4v) is 2.48. The summed E-state index contributed by atoms with van der Waals surface area (Å²) in [5.74, 6) is -0.727. The maximum absolute atomic E-state index is 13.3. The van der Waals surface area contributed by atoms with E-state index >= 15 is 0 Å². The number of esters is 1. The number of hydrogen-bond donors (Lipinski definition) is 1. The van der Waals surface area contributed by atoms with Crippen LogP contribution >= 0.6 is 0 Å². The second-order valence-corrected chi connectivity index (χ2v) is 5.51. The first-order chi connectivity index (χ1) is 11.6. The Bertz CT molecular complexity index is 886. The molecule has 2 N–H and O–H groups in total. The zero-order chi connectivity index (χ0) is 18.9. The molecule has 5 nitrogen and oxygen atoms in total. The van der Waals surface area contributed by atoms with Crippen LogP contribution in [0.5, 0.6) is 5.75 Å². The zero-order valence-electron chi connectivity index (χ0n) is 13.9. The highest BCUT2D eigenvalue weighted by Crippen LogP contribution is 2.39. The average Bonchev–Trinajstić information content (AvgIpc) is 2.52. The summed E-state index contributed by atoms with van der Waals surface area (Å²) in [7, 11) is 1.23. The minimum absolute atomic E-state index is 0.0472. The van der Waals surface area contributed by atoms with Crippen molar-refractivity contribution in [2.45, 2.75) is 26.4 Å². The Morgan fingerprint density at radius 2 is 1.96 bits per heavy atom. The third-order valence-corrected chi connectivity index (χ3v) is 3.76. The first kappa shape index (κ1) is 18.6. The molecular formula is C17H17F3N2O3. The van der Waals surface area contributed by atoms with Gasteiger partial charge < -0.3 is 15.0 Å². The van der Waals surface area contributed by atoms with Gasteiger partial charge in [0.15, 0.2) is 5.75 Å². The van der Waals surface area contributed by atoms with Crippen LogP contribution < -0.4 is 16.0 Å². The molecule has 0 saturated heterocycles. The van der Waals surface area contributed by atoms with Crippen molar-refractivity contribution in [1.82, 2.24) is 4.57 Å². The van der Waals surface area contributed by atoms with Crippen LogP contribution in [0.3, 0.4) is 0 Å². The highest BCUT2D eigenvalue weighted by Gasteiger charge is 2.35. The van der Waals surface area contributed by atoms with E-state index in [9.17, 15) is 22.8 Å². The molecule has 0 aliphatic carbocycles. The molecule has 2 aromatic rings. The van der Waals surface area contributed by atoms with Crippen LogP contribution in [0.2, 0.25) is 0 Å². The van der Waals surface area contributed by atoms with Crippen LogP contribution in [0.25, 0.3) is 11.1 Å². The Hall–Kier alpha value is -2.77. The highest BCUT2D eigenvalue weighted by atomic mass is 19.4. The molecule has 0 atom stereocenters. The van der Waals surface area contributed by atoms with Crippen molar-refractivity contribution < 1.29 is 22.7 Å². The highest BCUT2D eigenvalue weighted by molar-refractivity contribution is 5.84. The summed E-state index contributed by atoms with van der Waals surface area (Å²) in [6, 6.07) is 4.32. The lowest BCUT2D eigenvalue weighted by Gasteiger charge is -2.18. The van der Waals surface area contributed by atoms with Crippen molar-refractivity contribution in [2.24, 2.45) is 7.05 Å². The molecule has 25 heavy (non-hydrogen) atoms. The third kappa shape index (κ3) is 3.52. The van der Waals surface area contributed by atoms with Crippen molar-refractivity contribution in [1.29, 1.82) is 0 Å². The number of aromatic nitrogens is 1. The molecule has 0 fully saturated rings. The van der Waals surface area contributed by atoms with Gasteiger partial charge in [-0.3, -0.25) is 9.59 Å². The van der Waals surface area contributed by atoms with Crippen LogP contribution in [0.15, 0.2) is 29.2 Å². The quantitative estimate of drug-likeness (QED) is 0.521. The van der Waals surface area contributed by atoms with Gasteiger partial charge >= 0.3 is 12.1 Å². The molecule has 0 bridgehead atoms. The molecule has 134 valence electrons. The Kier molecular flexibility index (Phi) is 4.92. The zero-order valence-corrected chi connectivity index (χ0v) is 13.9. The van der Waals surface area contributed by atoms with E-state index in [0.717, 1.165) is 10.8 Å². The van der Waals surface area contributed by atoms with E-state index in [1.807, 2.05) is 0 Å². The largest absolute Gasteiger partial charge is 0.424 e. The summed E-state index contributed by atoms with van der Waals surface area (Å²) >= 11 is 0. The summed E-state index contributed by atoms with van der Waals surface area (Å²) in [5, 5.41) is 0. The second-order valence-electron chi connectivity index (χ2n) is 5.51. The molecule has 8 heteroatoms. The van der Waals surface area contributed by atoms with Gasteiger partial charge in [0.2, 0.25) is 0 Å². The molecule has 2 rings (SSSR count). The van der Waals surface area contributed by atoms with Crippen LogP contribution in [-0.4, -0.2) is 10.5 Å². The average molecular weight is 354 g/mol. The first-order valence-electron chi connectivity index (χ1n) is 7.44. The molecule has 0 radical (unpaired) electrons. The predicted molar refractivity (Wildman–Crippen MR) is 87.2 cm³/mol. The normalized spacial score (nSPS) is 11.4. The van der Waals surface area contributed by atoms with Crippen LogP contribution in [-0.2, 0) is 18.0 Å². The molecule has 1 aromatic heterocycles. The topological polar surface area (TPSA) is 74.3 Å². The van der Waals surface area contributed by atoms with Gasteiger partial charge in [0.1, 0.15) is 0 Å². The monoisotopic (exact) mass is 354 g/mol. The second kappa shape index (κ2) is 6.62. The van der Waals surface area contributed by atoms with Crippen molar-refractivity contribution >= 4 is 11.7 Å². The summed E-state index contributed by atoms with van der Waals surface area (Å²) in [6.07, 6.45) is -3.84. The lowest BCUT2D eigenvalue weighted by molar-refractivity contribution is -0.138. The number of carbonyl (C=O) groups is 1. The van der Waals surface area contributed by atoms with E-state index in [2.05, 4.69) is 0 Å². The number of alkyl halides is 3. The van der Waals surface area contributed by atoms with Gasteiger partial charge in [-0.25, -0.2) is 0 Å². The minimum atomic E-state index is -4.63. The van der Waals surface area contributed by atoms with Gasteiger partial charge in [0, 0.05) is 25.2 Å². The van der Waals surface area contributed by atoms with Crippen LogP contribution in [0.1, 0.15) is 24.5 Å². The summed E-state index contributed by atoms with van der Waals surface area (Å²) in [4.78, 5) is 24.1. The number of ether oxygens (including phenoxy) is 1. The number of carbonyl (C=O) groups excluding carboxylic acids is 1. The van der Waals surface area contributed by atoms with E-state index in [-0.39, 0.29) is 34.5 Å². The number of halogens is 3. The van der Waals surface area contributed by atoms with Gasteiger partial charge in [-0.1, -0.05) is 19.1 Å². The van der Waals surface area contributed by atoms with Gasteiger partial charge in [0.05, 0.1) is 16.8 Å². The fraction of sp³-hybridized carbons (Fsp3) is 0.294. The maximum atomic E-state index is 13.3. The molecule has 0 spiro atoms. The summed E-state index contributed by atoms with van der Waals surface area (Å²) < 4.78 is 45.8. The Morgan fingerprint density at radius 1 is 1.32 bits per heavy atom. The fourth-order valence-electron chi connectivity index (χ4n) is 2.48. The number of anilines is 1. The van der Waals surface area contributed by atoms with E-state index in [4.69, 9.17) is 10.5 Å². The smallest absolute Gasteiger partial charge is 0.418 e. The summed E-state index contributed by atoms with van der Waals surface area (Å²) in [6.45, 7) is 2.77. The molecule has 1 aromatic carbocycles. The molecule has 0 aliphatic rings. The minimum Gasteiger partial charge on any atom is -0.424 e. The first-order valence-corrected chi connectivity index (χ1v) is 7.44. The number of nitrogens with two attached hydrogens (primary N) is 1. The Morgan fingerprint density at radius 3 is 2.52 bits per heavy atom. The number of aryl methyl sites for hydroxylation is 1. The van der Waals surface area contributed by atoms with Gasteiger partial charge in [0.25, 0.3) is 5.56 Å². The number of rotatable bonds is 3. The lowest BCUT2D eigenvalue weighted by atomic mass is 9.97. The predicted octanol–water partition coefficient (Wildman–Crippen LogP) is 3.28. The third-order valence-electron chi connectivity index (χ3n) is 3.76. The Balaban J connectivity index is 2.84. The number of hydrogen-bond acceptors (Lipinski definition) is 4.